The molecule has 27 heavy (non-hydrogen) atoms. The van der Waals surface area contributed by atoms with Crippen LogP contribution >= 0.6 is 11.6 Å². The van der Waals surface area contributed by atoms with Crippen LogP contribution in [0.3, 0.4) is 0 Å². The first-order valence-electron chi connectivity index (χ1n) is 8.25. The molecule has 0 unspecified atom stereocenters. The van der Waals surface area contributed by atoms with E-state index in [0.717, 1.165) is 5.56 Å². The summed E-state index contributed by atoms with van der Waals surface area (Å²) < 4.78 is 10.6. The first kappa shape index (κ1) is 21.4. The summed E-state index contributed by atoms with van der Waals surface area (Å²) in [5.74, 6) is -0.715. The third-order valence-electron chi connectivity index (χ3n) is 3.59. The molecule has 5 nitrogen and oxygen atoms in total. The van der Waals surface area contributed by atoms with Gasteiger partial charge in [0.15, 0.2) is 0 Å². The minimum atomic E-state index is -0.993. The van der Waals surface area contributed by atoms with Crippen LogP contribution in [-0.2, 0) is 25.7 Å². The molecule has 2 aromatic carbocycles. The van der Waals surface area contributed by atoms with Crippen LogP contribution in [0.5, 0.6) is 0 Å². The number of hydrogen-bond donors (Lipinski definition) is 0. The van der Waals surface area contributed by atoms with Gasteiger partial charge in [0, 0.05) is 0 Å². The summed E-state index contributed by atoms with van der Waals surface area (Å²) in [6, 6.07) is 14.4. The van der Waals surface area contributed by atoms with Crippen LogP contribution in [-0.4, -0.2) is 45.8 Å². The summed E-state index contributed by atoms with van der Waals surface area (Å²) in [4.78, 5) is 36.0. The van der Waals surface area contributed by atoms with Crippen molar-refractivity contribution in [2.45, 2.75) is 19.4 Å². The van der Waals surface area contributed by atoms with Crippen molar-refractivity contribution in [3.8, 4) is 0 Å². The summed E-state index contributed by atoms with van der Waals surface area (Å²) in [7, 11) is 1.27. The van der Waals surface area contributed by atoms with Crippen LogP contribution in [0.2, 0.25) is 5.02 Å². The third-order valence-corrected chi connectivity index (χ3v) is 6.01. The Morgan fingerprint density at radius 2 is 1.81 bits per heavy atom. The molecular weight excluding hydrogens is 431 g/mol. The predicted molar refractivity (Wildman–Crippen MR) is 104 cm³/mol. The Labute approximate surface area is 169 Å². The Balaban J connectivity index is 1.80. The monoisotopic (exact) mass is 449 g/mol. The van der Waals surface area contributed by atoms with E-state index in [1.54, 1.807) is 12.1 Å². The van der Waals surface area contributed by atoms with E-state index in [4.69, 9.17) is 21.1 Å². The normalized spacial score (nSPS) is 10.9. The molecule has 0 atom stereocenters. The zero-order valence-electron chi connectivity index (χ0n) is 14.8. The van der Waals surface area contributed by atoms with Gasteiger partial charge in [0.25, 0.3) is 0 Å². The average Bonchev–Trinajstić information content (AvgIpc) is 2.66. The van der Waals surface area contributed by atoms with Crippen LogP contribution in [0.1, 0.15) is 28.8 Å². The number of ether oxygens (including phenoxy) is 2. The summed E-state index contributed by atoms with van der Waals surface area (Å²) in [6.45, 7) is 0.701. The van der Waals surface area contributed by atoms with Crippen LogP contribution in [0.15, 0.2) is 48.5 Å². The Kier molecular flexibility index (Phi) is 8.72. The molecule has 1 radical (unpaired) electrons. The number of ketones is 1. The van der Waals surface area contributed by atoms with E-state index in [9.17, 15) is 14.4 Å². The molecular formula is C20H19AsClO5. The quantitative estimate of drug-likeness (QED) is 0.241. The van der Waals surface area contributed by atoms with Crippen molar-refractivity contribution in [3.05, 3.63) is 64.7 Å². The van der Waals surface area contributed by atoms with Crippen LogP contribution < -0.4 is 4.35 Å². The van der Waals surface area contributed by atoms with Crippen LogP contribution in [0.4, 0.5) is 0 Å². The van der Waals surface area contributed by atoms with Gasteiger partial charge in [-0.3, -0.25) is 0 Å². The fraction of sp³-hybridized carbons (Fsp3) is 0.250. The molecule has 0 saturated carbocycles. The van der Waals surface area contributed by atoms with Crippen molar-refractivity contribution in [3.63, 3.8) is 0 Å². The molecule has 0 saturated heterocycles. The zero-order chi connectivity index (χ0) is 19.6. The number of esters is 1. The van der Waals surface area contributed by atoms with Gasteiger partial charge in [-0.15, -0.1) is 0 Å². The molecule has 0 amide bonds. The molecule has 141 valence electrons. The van der Waals surface area contributed by atoms with Crippen molar-refractivity contribution in [2.24, 2.45) is 0 Å². The fourth-order valence-electron chi connectivity index (χ4n) is 2.26. The molecule has 0 bridgehead atoms. The zero-order valence-corrected chi connectivity index (χ0v) is 17.4. The molecule has 7 heteroatoms. The first-order valence-corrected chi connectivity index (χ1v) is 10.5. The van der Waals surface area contributed by atoms with Gasteiger partial charge in [0.05, 0.1) is 0 Å². The Morgan fingerprint density at radius 3 is 2.52 bits per heavy atom. The van der Waals surface area contributed by atoms with Crippen LogP contribution in [0, 0.1) is 0 Å². The maximum absolute atomic E-state index is 12.2. The van der Waals surface area contributed by atoms with E-state index >= 15 is 0 Å². The molecule has 0 aliphatic rings. The number of Topliss-reactive ketones (excluding diaryl/α,β-unsaturated/α-hetero) is 1. The Hall–Kier alpha value is -1.94. The van der Waals surface area contributed by atoms with Gasteiger partial charge < -0.3 is 0 Å². The second-order valence-corrected chi connectivity index (χ2v) is 8.63. The van der Waals surface area contributed by atoms with E-state index < -0.39 is 21.7 Å². The molecule has 0 aliphatic heterocycles. The molecule has 0 aromatic heterocycles. The number of benzene rings is 2. The van der Waals surface area contributed by atoms with Crippen molar-refractivity contribution >= 4 is 48.0 Å². The summed E-state index contributed by atoms with van der Waals surface area (Å²) in [5, 5.41) is 0.388. The summed E-state index contributed by atoms with van der Waals surface area (Å²) >= 11 is 4.91. The van der Waals surface area contributed by atoms with E-state index in [1.807, 2.05) is 30.3 Å². The third kappa shape index (κ3) is 7.30. The second kappa shape index (κ2) is 11.0. The Bertz CT molecular complexity index is 807. The number of halogens is 1. The van der Waals surface area contributed by atoms with Crippen molar-refractivity contribution < 1.29 is 23.9 Å². The summed E-state index contributed by atoms with van der Waals surface area (Å²) in [5.41, 5.74) is 1.31. The summed E-state index contributed by atoms with van der Waals surface area (Å²) in [6.07, 6.45) is 0.0299. The van der Waals surface area contributed by atoms with Gasteiger partial charge in [-0.1, -0.05) is 0 Å². The molecule has 2 aromatic rings. The van der Waals surface area contributed by atoms with Crippen molar-refractivity contribution in [2.75, 3.05) is 13.7 Å². The number of carbonyl (C=O) groups is 3. The van der Waals surface area contributed by atoms with Crippen molar-refractivity contribution in [1.29, 1.82) is 0 Å². The van der Waals surface area contributed by atoms with E-state index in [0.29, 0.717) is 16.0 Å². The SMILES string of the molecule is COC(=O)c1cc(Cl)ccc1[As]C(=O)CC(=O)CCOCc1ccccc1. The first-order chi connectivity index (χ1) is 13.0. The van der Waals surface area contributed by atoms with Crippen molar-refractivity contribution in [1.82, 2.24) is 0 Å². The van der Waals surface area contributed by atoms with E-state index in [-0.39, 0.29) is 35.4 Å². The maximum atomic E-state index is 12.2. The molecule has 2 rings (SSSR count). The van der Waals surface area contributed by atoms with Crippen LogP contribution in [0.25, 0.3) is 0 Å². The van der Waals surface area contributed by atoms with Gasteiger partial charge in [0.1, 0.15) is 0 Å². The van der Waals surface area contributed by atoms with E-state index in [2.05, 4.69) is 0 Å². The standard InChI is InChI=1S/C20H19AsClO5/c1-26-20(25)17-11-15(22)7-8-18(17)21-19(24)12-16(23)9-10-27-13-14-5-3-2-4-6-14/h2-8,11H,9-10,12-13H2,1H3. The minimum absolute atomic E-state index is 0.155. The second-order valence-electron chi connectivity index (χ2n) is 5.66. The van der Waals surface area contributed by atoms with Gasteiger partial charge >= 0.3 is 170 Å². The van der Waals surface area contributed by atoms with Gasteiger partial charge in [-0.25, -0.2) is 0 Å². The number of carbonyl (C=O) groups excluding carboxylic acids is 3. The number of hydrogen-bond acceptors (Lipinski definition) is 5. The Morgan fingerprint density at radius 1 is 1.07 bits per heavy atom. The van der Waals surface area contributed by atoms with Gasteiger partial charge in [-0.05, 0) is 0 Å². The molecule has 0 N–H and O–H groups in total. The van der Waals surface area contributed by atoms with Gasteiger partial charge in [-0.2, -0.15) is 0 Å². The predicted octanol–water partition coefficient (Wildman–Crippen LogP) is 2.55. The fourth-order valence-corrected chi connectivity index (χ4v) is 4.42. The number of rotatable bonds is 10. The average molecular weight is 450 g/mol. The molecule has 0 fully saturated rings. The van der Waals surface area contributed by atoms with Gasteiger partial charge in [0.2, 0.25) is 0 Å². The number of methoxy groups -OCH3 is 1. The molecule has 0 heterocycles. The topological polar surface area (TPSA) is 69.7 Å². The molecule has 0 aliphatic carbocycles. The molecule has 0 spiro atoms. The van der Waals surface area contributed by atoms with E-state index in [1.165, 1.54) is 13.2 Å².